The second-order valence-electron chi connectivity index (χ2n) is 3.49. The third kappa shape index (κ3) is 3.67. The Balaban J connectivity index is 2.54. The van der Waals surface area contributed by atoms with Crippen LogP contribution < -0.4 is 5.32 Å². The number of ether oxygens (including phenoxy) is 1. The summed E-state index contributed by atoms with van der Waals surface area (Å²) in [5, 5.41) is 11.6. The minimum atomic E-state index is -1.40. The highest BCUT2D eigenvalue weighted by Gasteiger charge is 2.16. The monoisotopic (exact) mass is 251 g/mol. The fourth-order valence-corrected chi connectivity index (χ4v) is 1.22. The largest absolute Gasteiger partial charge is 0.467 e. The van der Waals surface area contributed by atoms with Crippen molar-refractivity contribution in [3.63, 3.8) is 0 Å². The summed E-state index contributed by atoms with van der Waals surface area (Å²) >= 11 is 0. The van der Waals surface area contributed by atoms with Gasteiger partial charge >= 0.3 is 5.97 Å². The van der Waals surface area contributed by atoms with Crippen LogP contribution in [0.2, 0.25) is 0 Å². The van der Waals surface area contributed by atoms with Gasteiger partial charge in [-0.1, -0.05) is 12.1 Å². The molecular weight excluding hydrogens is 238 g/mol. The van der Waals surface area contributed by atoms with Crippen molar-refractivity contribution in [2.45, 2.75) is 6.10 Å². The molecule has 1 amide bonds. The molecule has 18 heavy (non-hydrogen) atoms. The van der Waals surface area contributed by atoms with Gasteiger partial charge in [-0.2, -0.15) is 0 Å². The number of rotatable bonds is 5. The highest BCUT2D eigenvalue weighted by molar-refractivity contribution is 5.95. The second kappa shape index (κ2) is 6.51. The van der Waals surface area contributed by atoms with Gasteiger partial charge in [-0.3, -0.25) is 9.59 Å². The Bertz CT molecular complexity index is 440. The SMILES string of the molecule is COC(=O)[C@H](O)CNC(=O)c1ccc(C=O)cc1. The minimum absolute atomic E-state index is 0.235. The molecule has 0 heterocycles. The van der Waals surface area contributed by atoms with Crippen molar-refractivity contribution >= 4 is 18.2 Å². The molecule has 0 aliphatic heterocycles. The zero-order chi connectivity index (χ0) is 13.5. The molecule has 0 spiro atoms. The van der Waals surface area contributed by atoms with Gasteiger partial charge in [-0.25, -0.2) is 4.79 Å². The maximum absolute atomic E-state index is 11.6. The zero-order valence-electron chi connectivity index (χ0n) is 9.75. The normalized spacial score (nSPS) is 11.4. The number of aliphatic hydroxyl groups excluding tert-OH is 1. The second-order valence-corrected chi connectivity index (χ2v) is 3.49. The fourth-order valence-electron chi connectivity index (χ4n) is 1.22. The van der Waals surface area contributed by atoms with Gasteiger partial charge in [0.1, 0.15) is 6.29 Å². The quantitative estimate of drug-likeness (QED) is 0.556. The van der Waals surface area contributed by atoms with E-state index >= 15 is 0 Å². The molecule has 6 heteroatoms. The van der Waals surface area contributed by atoms with Crippen LogP contribution in [0, 0.1) is 0 Å². The van der Waals surface area contributed by atoms with E-state index in [0.717, 1.165) is 7.11 Å². The minimum Gasteiger partial charge on any atom is -0.467 e. The van der Waals surface area contributed by atoms with Gasteiger partial charge in [0.05, 0.1) is 13.7 Å². The van der Waals surface area contributed by atoms with E-state index in [-0.39, 0.29) is 6.54 Å². The fraction of sp³-hybridized carbons (Fsp3) is 0.250. The average Bonchev–Trinajstić information content (AvgIpc) is 2.43. The first-order chi connectivity index (χ1) is 8.58. The molecule has 0 bridgehead atoms. The number of esters is 1. The standard InChI is InChI=1S/C12H13NO5/c1-18-12(17)10(15)6-13-11(16)9-4-2-8(7-14)3-5-9/h2-5,7,10,15H,6H2,1H3,(H,13,16)/t10-/m1/s1. The summed E-state index contributed by atoms with van der Waals surface area (Å²) in [4.78, 5) is 32.9. The summed E-state index contributed by atoms with van der Waals surface area (Å²) < 4.78 is 4.30. The molecule has 0 fully saturated rings. The molecule has 0 radical (unpaired) electrons. The molecule has 0 unspecified atom stereocenters. The maximum atomic E-state index is 11.6. The van der Waals surface area contributed by atoms with Crippen LogP contribution in [0.3, 0.4) is 0 Å². The molecule has 1 rings (SSSR count). The Hall–Kier alpha value is -2.21. The molecule has 1 atom stereocenters. The van der Waals surface area contributed by atoms with Crippen LogP contribution >= 0.6 is 0 Å². The van der Waals surface area contributed by atoms with Crippen LogP contribution in [0.15, 0.2) is 24.3 Å². The van der Waals surface area contributed by atoms with Crippen LogP contribution in [0.5, 0.6) is 0 Å². The zero-order valence-corrected chi connectivity index (χ0v) is 9.75. The summed E-state index contributed by atoms with van der Waals surface area (Å²) in [6.07, 6.45) is -0.726. The van der Waals surface area contributed by atoms with Crippen molar-refractivity contribution < 1.29 is 24.2 Å². The van der Waals surface area contributed by atoms with Crippen LogP contribution in [-0.4, -0.2) is 43.0 Å². The van der Waals surface area contributed by atoms with E-state index in [1.54, 1.807) is 0 Å². The molecule has 0 aliphatic carbocycles. The number of amides is 1. The number of methoxy groups -OCH3 is 1. The lowest BCUT2D eigenvalue weighted by Crippen LogP contribution is -2.37. The number of aliphatic hydroxyl groups is 1. The Kier molecular flexibility index (Phi) is 5.01. The lowest BCUT2D eigenvalue weighted by atomic mass is 10.1. The third-order valence-corrected chi connectivity index (χ3v) is 2.24. The molecule has 1 aromatic carbocycles. The first-order valence-corrected chi connectivity index (χ1v) is 5.18. The Morgan fingerprint density at radius 1 is 1.39 bits per heavy atom. The number of nitrogens with one attached hydrogen (secondary N) is 1. The third-order valence-electron chi connectivity index (χ3n) is 2.24. The van der Waals surface area contributed by atoms with Gasteiger partial charge in [0.2, 0.25) is 0 Å². The molecule has 1 aromatic rings. The molecule has 0 saturated carbocycles. The number of aldehydes is 1. The van der Waals surface area contributed by atoms with E-state index in [2.05, 4.69) is 10.1 Å². The molecular formula is C12H13NO5. The number of carbonyl (C=O) groups excluding carboxylic acids is 3. The molecule has 0 aliphatic rings. The van der Waals surface area contributed by atoms with Crippen LogP contribution in [0.1, 0.15) is 20.7 Å². The summed E-state index contributed by atoms with van der Waals surface area (Å²) in [7, 11) is 1.14. The topological polar surface area (TPSA) is 92.7 Å². The summed E-state index contributed by atoms with van der Waals surface area (Å²) in [5.41, 5.74) is 0.791. The van der Waals surface area contributed by atoms with Crippen molar-refractivity contribution in [1.82, 2.24) is 5.32 Å². The van der Waals surface area contributed by atoms with Gasteiger partial charge < -0.3 is 15.2 Å². The number of hydrogen-bond acceptors (Lipinski definition) is 5. The summed E-state index contributed by atoms with van der Waals surface area (Å²) in [6, 6.07) is 5.95. The van der Waals surface area contributed by atoms with Crippen molar-refractivity contribution in [2.75, 3.05) is 13.7 Å². The van der Waals surface area contributed by atoms with Crippen LogP contribution in [-0.2, 0) is 9.53 Å². The molecule has 0 saturated heterocycles. The molecule has 0 aromatic heterocycles. The van der Waals surface area contributed by atoms with Gasteiger partial charge in [0.25, 0.3) is 5.91 Å². The van der Waals surface area contributed by atoms with Crippen molar-refractivity contribution in [3.8, 4) is 0 Å². The van der Waals surface area contributed by atoms with Gasteiger partial charge in [0.15, 0.2) is 6.10 Å². The highest BCUT2D eigenvalue weighted by atomic mass is 16.5. The Morgan fingerprint density at radius 3 is 2.50 bits per heavy atom. The van der Waals surface area contributed by atoms with Crippen LogP contribution in [0.4, 0.5) is 0 Å². The maximum Gasteiger partial charge on any atom is 0.336 e. The van der Waals surface area contributed by atoms with Crippen LogP contribution in [0.25, 0.3) is 0 Å². The highest BCUT2D eigenvalue weighted by Crippen LogP contribution is 2.02. The van der Waals surface area contributed by atoms with E-state index in [9.17, 15) is 19.5 Å². The van der Waals surface area contributed by atoms with Gasteiger partial charge in [0, 0.05) is 11.1 Å². The van der Waals surface area contributed by atoms with E-state index < -0.39 is 18.0 Å². The van der Waals surface area contributed by atoms with E-state index in [4.69, 9.17) is 0 Å². The van der Waals surface area contributed by atoms with E-state index in [0.29, 0.717) is 17.4 Å². The average molecular weight is 251 g/mol. The van der Waals surface area contributed by atoms with E-state index in [1.807, 2.05) is 0 Å². The van der Waals surface area contributed by atoms with Gasteiger partial charge in [-0.15, -0.1) is 0 Å². The summed E-state index contributed by atoms with van der Waals surface area (Å²) in [6.45, 7) is -0.235. The van der Waals surface area contributed by atoms with E-state index in [1.165, 1.54) is 24.3 Å². The molecule has 2 N–H and O–H groups in total. The van der Waals surface area contributed by atoms with Crippen molar-refractivity contribution in [2.24, 2.45) is 0 Å². The van der Waals surface area contributed by atoms with Gasteiger partial charge in [-0.05, 0) is 12.1 Å². The predicted octanol–water partition coefficient (Wildman–Crippen LogP) is -0.237. The lowest BCUT2D eigenvalue weighted by molar-refractivity contribution is -0.149. The molecule has 6 nitrogen and oxygen atoms in total. The van der Waals surface area contributed by atoms with Crippen molar-refractivity contribution in [3.05, 3.63) is 35.4 Å². The van der Waals surface area contributed by atoms with Crippen molar-refractivity contribution in [1.29, 1.82) is 0 Å². The summed E-state index contributed by atoms with van der Waals surface area (Å²) in [5.74, 6) is -1.26. The Labute approximate surface area is 104 Å². The Morgan fingerprint density at radius 2 is 2.00 bits per heavy atom. The molecule has 96 valence electrons. The number of hydrogen-bond donors (Lipinski definition) is 2. The first kappa shape index (κ1) is 13.9. The lowest BCUT2D eigenvalue weighted by Gasteiger charge is -2.09. The first-order valence-electron chi connectivity index (χ1n) is 5.18. The smallest absolute Gasteiger partial charge is 0.336 e. The predicted molar refractivity (Wildman–Crippen MR) is 62.2 cm³/mol. The number of carbonyl (C=O) groups is 3. The number of benzene rings is 1.